The number of hydrogen-bond acceptors (Lipinski definition) is 5. The van der Waals surface area contributed by atoms with Crippen LogP contribution in [0.5, 0.6) is 0 Å². The molecule has 2 aromatic rings. The van der Waals surface area contributed by atoms with Crippen molar-refractivity contribution in [2.24, 2.45) is 15.4 Å². The SMILES string of the molecule is CC(C)C[C@H](NC(=O)OC(C)(C)C)C(=O)N=S(N)(=O)c1cc(-c2ccccc2)cs1. The maximum Gasteiger partial charge on any atom is 0.408 e. The summed E-state index contributed by atoms with van der Waals surface area (Å²) in [6.07, 6.45) is -0.417. The monoisotopic (exact) mass is 451 g/mol. The molecule has 9 heteroatoms. The van der Waals surface area contributed by atoms with Gasteiger partial charge >= 0.3 is 6.09 Å². The van der Waals surface area contributed by atoms with Gasteiger partial charge in [0.05, 0.1) is 0 Å². The van der Waals surface area contributed by atoms with Gasteiger partial charge in [0, 0.05) is 0 Å². The van der Waals surface area contributed by atoms with Crippen molar-refractivity contribution in [3.8, 4) is 11.1 Å². The maximum atomic E-state index is 13.0. The predicted octanol–water partition coefficient (Wildman–Crippen LogP) is 4.58. The van der Waals surface area contributed by atoms with Crippen LogP contribution in [-0.4, -0.2) is 27.9 Å². The van der Waals surface area contributed by atoms with E-state index in [0.717, 1.165) is 11.1 Å². The van der Waals surface area contributed by atoms with E-state index in [1.807, 2.05) is 49.6 Å². The second-order valence-corrected chi connectivity index (χ2v) is 11.3. The van der Waals surface area contributed by atoms with E-state index in [2.05, 4.69) is 9.68 Å². The van der Waals surface area contributed by atoms with Gasteiger partial charge in [0.1, 0.15) is 15.9 Å². The molecule has 0 saturated carbocycles. The number of thiophene rings is 1. The summed E-state index contributed by atoms with van der Waals surface area (Å²) in [4.78, 5) is 24.9. The van der Waals surface area contributed by atoms with E-state index in [1.165, 1.54) is 11.3 Å². The molecule has 7 nitrogen and oxygen atoms in total. The van der Waals surface area contributed by atoms with E-state index >= 15 is 0 Å². The number of benzene rings is 1. The first kappa shape index (κ1) is 24.0. The van der Waals surface area contributed by atoms with Gasteiger partial charge in [-0.25, -0.2) is 14.1 Å². The minimum absolute atomic E-state index is 0.0873. The van der Waals surface area contributed by atoms with Crippen LogP contribution in [0.25, 0.3) is 11.1 Å². The van der Waals surface area contributed by atoms with Crippen molar-refractivity contribution < 1.29 is 18.5 Å². The number of carbonyl (C=O) groups excluding carboxylic acids is 2. The Morgan fingerprint density at radius 1 is 1.20 bits per heavy atom. The quantitative estimate of drug-likeness (QED) is 0.669. The Labute approximate surface area is 182 Å². The normalized spacial score (nSPS) is 14.6. The summed E-state index contributed by atoms with van der Waals surface area (Å²) >= 11 is 1.18. The van der Waals surface area contributed by atoms with Crippen molar-refractivity contribution in [3.63, 3.8) is 0 Å². The van der Waals surface area contributed by atoms with E-state index < -0.39 is 33.6 Å². The molecule has 0 saturated heterocycles. The molecule has 164 valence electrons. The lowest BCUT2D eigenvalue weighted by Gasteiger charge is -2.23. The van der Waals surface area contributed by atoms with Gasteiger partial charge in [0.2, 0.25) is 0 Å². The van der Waals surface area contributed by atoms with Crippen molar-refractivity contribution in [2.75, 3.05) is 0 Å². The molecule has 1 aromatic carbocycles. The fourth-order valence-electron chi connectivity index (χ4n) is 2.64. The summed E-state index contributed by atoms with van der Waals surface area (Å²) in [5, 5.41) is 10.3. The molecule has 1 unspecified atom stereocenters. The minimum atomic E-state index is -3.45. The molecule has 1 aromatic heterocycles. The largest absolute Gasteiger partial charge is 0.444 e. The van der Waals surface area contributed by atoms with Crippen LogP contribution < -0.4 is 10.5 Å². The molecule has 0 aliphatic carbocycles. The summed E-state index contributed by atoms with van der Waals surface area (Å²) in [7, 11) is -3.45. The molecule has 2 rings (SSSR count). The highest BCUT2D eigenvalue weighted by Gasteiger charge is 2.26. The van der Waals surface area contributed by atoms with Gasteiger partial charge in [-0.3, -0.25) is 4.79 Å². The average molecular weight is 452 g/mol. The first-order valence-electron chi connectivity index (χ1n) is 9.59. The number of nitrogens with one attached hydrogen (secondary N) is 1. The number of amides is 2. The molecule has 0 aliphatic heterocycles. The Hall–Kier alpha value is -2.23. The van der Waals surface area contributed by atoms with Crippen LogP contribution in [-0.2, 0) is 19.4 Å². The van der Waals surface area contributed by atoms with Gasteiger partial charge in [-0.15, -0.1) is 15.7 Å². The Morgan fingerprint density at radius 3 is 2.40 bits per heavy atom. The standard InChI is InChI=1S/C21H29N3O4S2/c1-14(2)11-17(23-20(26)28-21(3,4)5)19(25)24-30(22,27)18-12-16(13-29-18)15-9-7-6-8-10-15/h6-10,12-14,17H,11H2,1-5H3,(H,23,26)(H2,22,24,25,27)/t17-,30?/m0/s1. The number of nitrogens with two attached hydrogens (primary N) is 1. The molecule has 1 heterocycles. The van der Waals surface area contributed by atoms with Crippen molar-refractivity contribution in [1.29, 1.82) is 0 Å². The van der Waals surface area contributed by atoms with Gasteiger partial charge in [-0.05, 0) is 55.7 Å². The van der Waals surface area contributed by atoms with Crippen LogP contribution in [0, 0.1) is 5.92 Å². The van der Waals surface area contributed by atoms with Crippen molar-refractivity contribution >= 4 is 33.3 Å². The van der Waals surface area contributed by atoms with E-state index in [4.69, 9.17) is 9.88 Å². The highest BCUT2D eigenvalue weighted by molar-refractivity contribution is 7.93. The Bertz CT molecular complexity index is 1000. The first-order valence-corrected chi connectivity index (χ1v) is 12.1. The Morgan fingerprint density at radius 2 is 1.83 bits per heavy atom. The molecular weight excluding hydrogens is 422 g/mol. The summed E-state index contributed by atoms with van der Waals surface area (Å²) in [6.45, 7) is 8.99. The highest BCUT2D eigenvalue weighted by Crippen LogP contribution is 2.28. The van der Waals surface area contributed by atoms with Gasteiger partial charge in [0.15, 0.2) is 9.92 Å². The van der Waals surface area contributed by atoms with Gasteiger partial charge in [-0.2, -0.15) is 0 Å². The zero-order valence-corrected chi connectivity index (χ0v) is 19.5. The fraction of sp³-hybridized carbons (Fsp3) is 0.429. The zero-order chi connectivity index (χ0) is 22.5. The maximum absolute atomic E-state index is 13.0. The molecule has 3 N–H and O–H groups in total. The molecule has 0 spiro atoms. The van der Waals surface area contributed by atoms with Crippen molar-refractivity contribution in [1.82, 2.24) is 5.32 Å². The summed E-state index contributed by atoms with van der Waals surface area (Å²) in [6, 6.07) is 10.3. The fourth-order valence-corrected chi connectivity index (χ4v) is 4.87. The number of nitrogens with zero attached hydrogens (tertiary/aromatic N) is 1. The van der Waals surface area contributed by atoms with E-state index in [9.17, 15) is 13.8 Å². The lowest BCUT2D eigenvalue weighted by Crippen LogP contribution is -2.44. The minimum Gasteiger partial charge on any atom is -0.444 e. The zero-order valence-electron chi connectivity index (χ0n) is 17.9. The number of carbonyl (C=O) groups is 2. The third-order valence-electron chi connectivity index (χ3n) is 3.89. The number of hydrogen-bond donors (Lipinski definition) is 2. The summed E-state index contributed by atoms with van der Waals surface area (Å²) in [5.41, 5.74) is 1.09. The molecule has 0 fully saturated rings. The highest BCUT2D eigenvalue weighted by atomic mass is 32.2. The lowest BCUT2D eigenvalue weighted by molar-refractivity contribution is -0.120. The molecule has 0 aliphatic rings. The van der Waals surface area contributed by atoms with E-state index in [-0.39, 0.29) is 5.92 Å². The lowest BCUT2D eigenvalue weighted by atomic mass is 10.0. The van der Waals surface area contributed by atoms with Crippen LogP contribution in [0.15, 0.2) is 50.4 Å². The van der Waals surface area contributed by atoms with Crippen LogP contribution in [0.2, 0.25) is 0 Å². The average Bonchev–Trinajstić information content (AvgIpc) is 3.10. The van der Waals surface area contributed by atoms with Crippen LogP contribution in [0.4, 0.5) is 4.79 Å². The van der Waals surface area contributed by atoms with Gasteiger partial charge < -0.3 is 10.1 Å². The second-order valence-electron chi connectivity index (χ2n) is 8.35. The molecule has 0 radical (unpaired) electrons. The third-order valence-corrected chi connectivity index (χ3v) is 6.77. The van der Waals surface area contributed by atoms with E-state index in [0.29, 0.717) is 10.6 Å². The van der Waals surface area contributed by atoms with Crippen LogP contribution in [0.3, 0.4) is 0 Å². The number of rotatable bonds is 6. The molecule has 2 atom stereocenters. The Balaban J connectivity index is 2.25. The molecule has 2 amide bonds. The predicted molar refractivity (Wildman–Crippen MR) is 120 cm³/mol. The molecule has 0 bridgehead atoms. The topological polar surface area (TPSA) is 111 Å². The molecular formula is C21H29N3O4S2. The van der Waals surface area contributed by atoms with Crippen LogP contribution in [0.1, 0.15) is 41.0 Å². The molecule has 30 heavy (non-hydrogen) atoms. The first-order chi connectivity index (χ1) is 13.9. The van der Waals surface area contributed by atoms with Gasteiger partial charge in [0.25, 0.3) is 5.91 Å². The van der Waals surface area contributed by atoms with Crippen LogP contribution >= 0.6 is 11.3 Å². The third kappa shape index (κ3) is 7.23. The van der Waals surface area contributed by atoms with E-state index in [1.54, 1.807) is 26.8 Å². The van der Waals surface area contributed by atoms with Crippen molar-refractivity contribution in [2.45, 2.75) is 56.9 Å². The van der Waals surface area contributed by atoms with Crippen molar-refractivity contribution in [3.05, 3.63) is 41.8 Å². The van der Waals surface area contributed by atoms with Gasteiger partial charge in [-0.1, -0.05) is 44.2 Å². The summed E-state index contributed by atoms with van der Waals surface area (Å²) in [5.74, 6) is -0.652. The number of alkyl carbamates (subject to hydrolysis) is 1. The number of ether oxygens (including phenoxy) is 1. The summed E-state index contributed by atoms with van der Waals surface area (Å²) < 4.78 is 22.3. The smallest absolute Gasteiger partial charge is 0.408 e. The Kier molecular flexibility index (Phi) is 7.79. The second kappa shape index (κ2) is 9.72.